The molecular formula is C13H19NO2. The summed E-state index contributed by atoms with van der Waals surface area (Å²) < 4.78 is 11.1. The number of rotatable bonds is 4. The summed E-state index contributed by atoms with van der Waals surface area (Å²) in [6.45, 7) is 2.92. The third-order valence-corrected chi connectivity index (χ3v) is 2.88. The first-order valence-electron chi connectivity index (χ1n) is 5.85. The average Bonchev–Trinajstić information content (AvgIpc) is 2.38. The zero-order valence-corrected chi connectivity index (χ0v) is 9.52. The van der Waals surface area contributed by atoms with E-state index in [4.69, 9.17) is 15.2 Å². The zero-order chi connectivity index (χ0) is 11.2. The lowest BCUT2D eigenvalue weighted by atomic mass is 10.1. The molecule has 88 valence electrons. The van der Waals surface area contributed by atoms with Crippen LogP contribution in [0.25, 0.3) is 0 Å². The highest BCUT2D eigenvalue weighted by Gasteiger charge is 2.13. The van der Waals surface area contributed by atoms with Crippen molar-refractivity contribution >= 4 is 0 Å². The summed E-state index contributed by atoms with van der Waals surface area (Å²) in [5, 5.41) is 0. The van der Waals surface area contributed by atoms with Crippen LogP contribution in [-0.4, -0.2) is 19.3 Å². The molecule has 3 heteroatoms. The molecule has 16 heavy (non-hydrogen) atoms. The van der Waals surface area contributed by atoms with Crippen molar-refractivity contribution in [2.24, 2.45) is 5.73 Å². The molecule has 0 unspecified atom stereocenters. The second kappa shape index (κ2) is 5.99. The maximum Gasteiger partial charge on any atom is 0.0720 e. The van der Waals surface area contributed by atoms with Crippen LogP contribution < -0.4 is 5.73 Å². The third-order valence-electron chi connectivity index (χ3n) is 2.88. The molecule has 0 radical (unpaired) electrons. The van der Waals surface area contributed by atoms with Crippen molar-refractivity contribution in [2.45, 2.75) is 32.1 Å². The van der Waals surface area contributed by atoms with Gasteiger partial charge in [-0.05, 0) is 24.0 Å². The van der Waals surface area contributed by atoms with E-state index in [1.165, 1.54) is 5.56 Å². The Bertz CT molecular complexity index is 321. The predicted molar refractivity (Wildman–Crippen MR) is 63.0 cm³/mol. The second-order valence-electron chi connectivity index (χ2n) is 4.15. The standard InChI is InChI=1S/C13H19NO2/c14-9-11-2-1-3-12(8-11)10-16-13-4-6-15-7-5-13/h1-3,8,13H,4-7,9-10,14H2. The molecule has 0 saturated carbocycles. The van der Waals surface area contributed by atoms with Crippen LogP contribution in [0.3, 0.4) is 0 Å². The fourth-order valence-electron chi connectivity index (χ4n) is 1.90. The van der Waals surface area contributed by atoms with Crippen molar-refractivity contribution in [1.29, 1.82) is 0 Å². The van der Waals surface area contributed by atoms with Crippen LogP contribution >= 0.6 is 0 Å². The van der Waals surface area contributed by atoms with Crippen molar-refractivity contribution in [1.82, 2.24) is 0 Å². The summed E-state index contributed by atoms with van der Waals surface area (Å²) in [4.78, 5) is 0. The van der Waals surface area contributed by atoms with E-state index >= 15 is 0 Å². The fourth-order valence-corrected chi connectivity index (χ4v) is 1.90. The maximum absolute atomic E-state index is 5.85. The SMILES string of the molecule is NCc1cccc(COC2CCOCC2)c1. The highest BCUT2D eigenvalue weighted by Crippen LogP contribution is 2.14. The van der Waals surface area contributed by atoms with Gasteiger partial charge in [0.05, 0.1) is 12.7 Å². The molecule has 0 bridgehead atoms. The molecule has 0 aliphatic carbocycles. The molecule has 0 aromatic heterocycles. The van der Waals surface area contributed by atoms with Crippen LogP contribution in [0.2, 0.25) is 0 Å². The lowest BCUT2D eigenvalue weighted by Gasteiger charge is -2.22. The van der Waals surface area contributed by atoms with Gasteiger partial charge in [-0.15, -0.1) is 0 Å². The summed E-state index contributed by atoms with van der Waals surface area (Å²) in [5.74, 6) is 0. The Morgan fingerprint density at radius 1 is 1.25 bits per heavy atom. The number of ether oxygens (including phenoxy) is 2. The normalized spacial score (nSPS) is 17.6. The van der Waals surface area contributed by atoms with Crippen LogP contribution in [0.15, 0.2) is 24.3 Å². The van der Waals surface area contributed by atoms with E-state index in [1.807, 2.05) is 12.1 Å². The average molecular weight is 221 g/mol. The molecule has 2 rings (SSSR count). The van der Waals surface area contributed by atoms with E-state index < -0.39 is 0 Å². The molecule has 2 N–H and O–H groups in total. The Morgan fingerprint density at radius 3 is 2.75 bits per heavy atom. The molecule has 1 aliphatic heterocycles. The fraction of sp³-hybridized carbons (Fsp3) is 0.538. The molecule has 1 saturated heterocycles. The predicted octanol–water partition coefficient (Wildman–Crippen LogP) is 1.84. The largest absolute Gasteiger partial charge is 0.381 e. The van der Waals surface area contributed by atoms with Gasteiger partial charge < -0.3 is 15.2 Å². The van der Waals surface area contributed by atoms with Gasteiger partial charge in [-0.2, -0.15) is 0 Å². The summed E-state index contributed by atoms with van der Waals surface area (Å²) >= 11 is 0. The lowest BCUT2D eigenvalue weighted by molar-refractivity contribution is -0.0390. The van der Waals surface area contributed by atoms with Gasteiger partial charge in [0, 0.05) is 19.8 Å². The smallest absolute Gasteiger partial charge is 0.0720 e. The van der Waals surface area contributed by atoms with Gasteiger partial charge in [-0.3, -0.25) is 0 Å². The lowest BCUT2D eigenvalue weighted by Crippen LogP contribution is -2.23. The van der Waals surface area contributed by atoms with Crippen LogP contribution in [0, 0.1) is 0 Å². The summed E-state index contributed by atoms with van der Waals surface area (Å²) in [7, 11) is 0. The first kappa shape index (κ1) is 11.6. The first-order valence-corrected chi connectivity index (χ1v) is 5.85. The Kier molecular flexibility index (Phi) is 4.34. The Hall–Kier alpha value is -0.900. The Morgan fingerprint density at radius 2 is 2.00 bits per heavy atom. The molecule has 0 spiro atoms. The molecule has 1 aromatic rings. The number of benzene rings is 1. The van der Waals surface area contributed by atoms with Gasteiger partial charge in [-0.1, -0.05) is 24.3 Å². The van der Waals surface area contributed by atoms with Crippen LogP contribution in [0.5, 0.6) is 0 Å². The minimum absolute atomic E-state index is 0.357. The molecule has 0 atom stereocenters. The maximum atomic E-state index is 5.85. The highest BCUT2D eigenvalue weighted by molar-refractivity contribution is 5.22. The molecule has 1 aliphatic rings. The van der Waals surface area contributed by atoms with Crippen molar-refractivity contribution < 1.29 is 9.47 Å². The minimum Gasteiger partial charge on any atom is -0.381 e. The number of hydrogen-bond acceptors (Lipinski definition) is 3. The van der Waals surface area contributed by atoms with Gasteiger partial charge in [-0.25, -0.2) is 0 Å². The van der Waals surface area contributed by atoms with Gasteiger partial charge in [0.2, 0.25) is 0 Å². The Balaban J connectivity index is 1.83. The zero-order valence-electron chi connectivity index (χ0n) is 9.52. The van der Waals surface area contributed by atoms with Crippen molar-refractivity contribution in [3.8, 4) is 0 Å². The van der Waals surface area contributed by atoms with Gasteiger partial charge >= 0.3 is 0 Å². The van der Waals surface area contributed by atoms with Crippen LogP contribution in [0.4, 0.5) is 0 Å². The quantitative estimate of drug-likeness (QED) is 0.843. The molecule has 1 fully saturated rings. The molecule has 1 aromatic carbocycles. The van der Waals surface area contributed by atoms with Crippen molar-refractivity contribution in [3.63, 3.8) is 0 Å². The van der Waals surface area contributed by atoms with Crippen LogP contribution in [0.1, 0.15) is 24.0 Å². The van der Waals surface area contributed by atoms with E-state index in [0.717, 1.165) is 31.6 Å². The summed E-state index contributed by atoms with van der Waals surface area (Å²) in [6.07, 6.45) is 2.38. The molecule has 0 amide bonds. The van der Waals surface area contributed by atoms with Crippen molar-refractivity contribution in [2.75, 3.05) is 13.2 Å². The molecular weight excluding hydrogens is 202 g/mol. The van der Waals surface area contributed by atoms with Gasteiger partial charge in [0.15, 0.2) is 0 Å². The summed E-state index contributed by atoms with van der Waals surface area (Å²) in [6, 6.07) is 8.26. The van der Waals surface area contributed by atoms with Gasteiger partial charge in [0.1, 0.15) is 0 Å². The van der Waals surface area contributed by atoms with E-state index in [9.17, 15) is 0 Å². The summed E-state index contributed by atoms with van der Waals surface area (Å²) in [5.41, 5.74) is 7.96. The highest BCUT2D eigenvalue weighted by atomic mass is 16.5. The third kappa shape index (κ3) is 3.30. The Labute approximate surface area is 96.5 Å². The van der Waals surface area contributed by atoms with Crippen LogP contribution in [-0.2, 0) is 22.6 Å². The van der Waals surface area contributed by atoms with E-state index in [0.29, 0.717) is 19.3 Å². The molecule has 3 nitrogen and oxygen atoms in total. The monoisotopic (exact) mass is 221 g/mol. The van der Waals surface area contributed by atoms with E-state index in [1.54, 1.807) is 0 Å². The van der Waals surface area contributed by atoms with E-state index in [-0.39, 0.29) is 0 Å². The second-order valence-corrected chi connectivity index (χ2v) is 4.15. The van der Waals surface area contributed by atoms with E-state index in [2.05, 4.69) is 12.1 Å². The first-order chi connectivity index (χ1) is 7.88. The number of nitrogens with two attached hydrogens (primary N) is 1. The number of hydrogen-bond donors (Lipinski definition) is 1. The van der Waals surface area contributed by atoms with Gasteiger partial charge in [0.25, 0.3) is 0 Å². The van der Waals surface area contributed by atoms with Crippen molar-refractivity contribution in [3.05, 3.63) is 35.4 Å². The molecule has 1 heterocycles. The topological polar surface area (TPSA) is 44.5 Å². The minimum atomic E-state index is 0.357.